The van der Waals surface area contributed by atoms with Crippen LogP contribution in [-0.4, -0.2) is 0 Å². The normalized spacial score (nSPS) is 34.5. The summed E-state index contributed by atoms with van der Waals surface area (Å²) in [6, 6.07) is 30.1. The summed E-state index contributed by atoms with van der Waals surface area (Å²) in [6.07, 6.45) is 74.9. The third-order valence-electron chi connectivity index (χ3n) is 29.1. The minimum atomic E-state index is 0.838. The van der Waals surface area contributed by atoms with Gasteiger partial charge in [0.2, 0.25) is 0 Å². The van der Waals surface area contributed by atoms with Crippen molar-refractivity contribution in [3.8, 4) is 0 Å². The van der Waals surface area contributed by atoms with Gasteiger partial charge in [-0.2, -0.15) is 0 Å². The Morgan fingerprint density at radius 1 is 0.172 bits per heavy atom. The van der Waals surface area contributed by atoms with Crippen molar-refractivity contribution in [1.29, 1.82) is 0 Å². The lowest BCUT2D eigenvalue weighted by molar-refractivity contribution is 0.156. The maximum Gasteiger partial charge on any atom is -0.0162 e. The Morgan fingerprint density at radius 3 is 0.527 bits per heavy atom. The van der Waals surface area contributed by atoms with E-state index in [0.29, 0.717) is 0 Å². The molecule has 93 heavy (non-hydrogen) atoms. The summed E-state index contributed by atoms with van der Waals surface area (Å²) in [6.45, 7) is 14.1. The molecule has 0 saturated heterocycles. The van der Waals surface area contributed by atoms with Crippen molar-refractivity contribution in [3.63, 3.8) is 0 Å². The molecule has 0 unspecified atom stereocenters. The molecule has 0 atom stereocenters. The van der Waals surface area contributed by atoms with Gasteiger partial charge in [0, 0.05) is 0 Å². The fourth-order valence-corrected chi connectivity index (χ4v) is 22.9. The maximum absolute atomic E-state index is 2.52. The molecule has 0 aliphatic heterocycles. The minimum Gasteiger partial charge on any atom is -0.0654 e. The molecule has 0 heterocycles. The molecule has 0 aromatic heterocycles. The van der Waals surface area contributed by atoms with Crippen LogP contribution in [0.1, 0.15) is 438 Å². The summed E-state index contributed by atoms with van der Waals surface area (Å²) in [5.41, 5.74) is 9.83. The highest BCUT2D eigenvalue weighted by molar-refractivity contribution is 5.31. The lowest BCUT2D eigenvalue weighted by Gasteiger charge is -2.38. The second kappa shape index (κ2) is 40.0. The third-order valence-corrected chi connectivity index (χ3v) is 29.1. The molecule has 0 heteroatoms. The average molecular weight is 1270 g/mol. The summed E-state index contributed by atoms with van der Waals surface area (Å²) in [5.74, 6) is 17.6. The van der Waals surface area contributed by atoms with E-state index in [-0.39, 0.29) is 0 Å². The zero-order valence-electron chi connectivity index (χ0n) is 62.4. The molecule has 3 aromatic rings. The Bertz CT molecular complexity index is 2350. The van der Waals surface area contributed by atoms with E-state index in [2.05, 4.69) is 114 Å². The van der Waals surface area contributed by atoms with Crippen molar-refractivity contribution in [1.82, 2.24) is 0 Å². The van der Waals surface area contributed by atoms with Crippen LogP contribution in [0.25, 0.3) is 0 Å². The summed E-state index contributed by atoms with van der Waals surface area (Å²) in [5, 5.41) is 0. The van der Waals surface area contributed by atoms with Gasteiger partial charge in [0.1, 0.15) is 0 Å². The van der Waals surface area contributed by atoms with Gasteiger partial charge in [0.15, 0.2) is 0 Å². The van der Waals surface area contributed by atoms with Gasteiger partial charge in [0.05, 0.1) is 0 Å². The van der Waals surface area contributed by atoms with E-state index < -0.39 is 0 Å². The number of rotatable bonds is 24. The monoisotopic (exact) mass is 1270 g/mol. The van der Waals surface area contributed by atoms with Crippen LogP contribution < -0.4 is 0 Å². The maximum atomic E-state index is 2.52. The first-order valence-corrected chi connectivity index (χ1v) is 43.1. The Balaban J connectivity index is 0.000000153. The third kappa shape index (κ3) is 22.6. The largest absolute Gasteiger partial charge is 0.0654 e. The van der Waals surface area contributed by atoms with Crippen LogP contribution in [0.5, 0.6) is 0 Å². The average Bonchev–Trinajstić information content (AvgIpc) is 3.36. The lowest BCUT2D eigenvalue weighted by atomic mass is 9.68. The standard InChI is InChI=1S/C32H52.C31H50.C30H48/c1-3-5-6-8-26-11-15-28(16-12-26)30-19-23-32(24-20-30)31-21-17-29(18-22-31)27-13-9-25(7-4-2)10-14-27;1-3-5-7-25-10-14-27(15-11-25)29-18-22-31(23-19-29)30-20-16-28(17-21-30)26-12-8-24(6-4-2)9-13-26;1-3-5-23-7-11-25(12-8-23)27-15-19-29(20-16-27)30-21-17-28(18-22-30)26-13-9-24(6-4-2)10-14-26/h19-20,23-29,31H,3-18,21-22H2,1-2H3;18-19,22-28,30H,3-17,20-21H2,1-2H3;15-16,19-20,23-26,28,30H,3-14,17-18,21-22H2,1-2H3. The molecule has 0 amide bonds. The van der Waals surface area contributed by atoms with E-state index in [4.69, 9.17) is 0 Å². The number of hydrogen-bond acceptors (Lipinski definition) is 0. The molecule has 0 bridgehead atoms. The molecular formula is C93H150. The van der Waals surface area contributed by atoms with E-state index in [0.717, 1.165) is 107 Å². The predicted octanol–water partition coefficient (Wildman–Crippen LogP) is 30.1. The van der Waals surface area contributed by atoms with Crippen LogP contribution in [0.2, 0.25) is 0 Å². The zero-order valence-corrected chi connectivity index (χ0v) is 62.4. The smallest absolute Gasteiger partial charge is 0.0162 e. The first-order chi connectivity index (χ1) is 45.8. The first-order valence-electron chi connectivity index (χ1n) is 43.1. The van der Waals surface area contributed by atoms with Crippen molar-refractivity contribution in [2.24, 2.45) is 71.0 Å². The fourth-order valence-electron chi connectivity index (χ4n) is 22.9. The molecule has 0 radical (unpaired) electrons. The van der Waals surface area contributed by atoms with E-state index in [1.54, 1.807) is 33.4 Å². The highest BCUT2D eigenvalue weighted by Gasteiger charge is 2.35. The van der Waals surface area contributed by atoms with Gasteiger partial charge in [-0.15, -0.1) is 0 Å². The number of hydrogen-bond donors (Lipinski definition) is 0. The summed E-state index contributed by atoms with van der Waals surface area (Å²) in [7, 11) is 0. The molecule has 12 rings (SSSR count). The van der Waals surface area contributed by atoms with Crippen LogP contribution >= 0.6 is 0 Å². The predicted molar refractivity (Wildman–Crippen MR) is 407 cm³/mol. The lowest BCUT2D eigenvalue weighted by Crippen LogP contribution is -2.25. The van der Waals surface area contributed by atoms with Gasteiger partial charge in [0.25, 0.3) is 0 Å². The van der Waals surface area contributed by atoms with Gasteiger partial charge in [-0.1, -0.05) is 249 Å². The van der Waals surface area contributed by atoms with Crippen LogP contribution in [0.3, 0.4) is 0 Å². The number of benzene rings is 3. The highest BCUT2D eigenvalue weighted by atomic mass is 14.4. The Hall–Kier alpha value is -2.34. The first kappa shape index (κ1) is 73.4. The van der Waals surface area contributed by atoms with Crippen molar-refractivity contribution in [2.45, 2.75) is 405 Å². The van der Waals surface area contributed by atoms with Crippen molar-refractivity contribution in [2.75, 3.05) is 0 Å². The summed E-state index contributed by atoms with van der Waals surface area (Å²) < 4.78 is 0. The molecule has 0 N–H and O–H groups in total. The molecule has 9 aliphatic carbocycles. The highest BCUT2D eigenvalue weighted by Crippen LogP contribution is 2.50. The van der Waals surface area contributed by atoms with Crippen molar-refractivity contribution < 1.29 is 0 Å². The molecule has 0 spiro atoms. The Kier molecular flexibility index (Phi) is 31.6. The van der Waals surface area contributed by atoms with Gasteiger partial charge in [-0.25, -0.2) is 0 Å². The van der Waals surface area contributed by atoms with Crippen molar-refractivity contribution in [3.05, 3.63) is 106 Å². The molecule has 9 saturated carbocycles. The number of unbranched alkanes of at least 4 members (excludes halogenated alkanes) is 3. The quantitative estimate of drug-likeness (QED) is 0.0784. The van der Waals surface area contributed by atoms with E-state index >= 15 is 0 Å². The van der Waals surface area contributed by atoms with Gasteiger partial charge in [-0.3, -0.25) is 0 Å². The molecule has 9 fully saturated rings. The molecule has 0 nitrogen and oxygen atoms in total. The van der Waals surface area contributed by atoms with E-state index in [1.165, 1.54) is 327 Å². The molecular weight excluding hydrogens is 1120 g/mol. The molecule has 522 valence electrons. The van der Waals surface area contributed by atoms with Crippen molar-refractivity contribution >= 4 is 0 Å². The second-order valence-corrected chi connectivity index (χ2v) is 35.1. The Morgan fingerprint density at radius 2 is 0.333 bits per heavy atom. The van der Waals surface area contributed by atoms with Crippen LogP contribution in [0.4, 0.5) is 0 Å². The van der Waals surface area contributed by atoms with Crippen LogP contribution in [0.15, 0.2) is 72.8 Å². The summed E-state index contributed by atoms with van der Waals surface area (Å²) >= 11 is 0. The van der Waals surface area contributed by atoms with Gasteiger partial charge in [-0.05, 0) is 333 Å². The fraction of sp³-hybridized carbons (Fsp3) is 0.806. The van der Waals surface area contributed by atoms with Crippen LogP contribution in [0, 0.1) is 71.0 Å². The van der Waals surface area contributed by atoms with E-state index in [1.807, 2.05) is 0 Å². The molecule has 3 aromatic carbocycles. The minimum absolute atomic E-state index is 0.838. The van der Waals surface area contributed by atoms with Gasteiger partial charge >= 0.3 is 0 Å². The van der Waals surface area contributed by atoms with Crippen LogP contribution in [-0.2, 0) is 0 Å². The van der Waals surface area contributed by atoms with Gasteiger partial charge < -0.3 is 0 Å². The SMILES string of the molecule is CCCC1CCC(c2ccc(C3CCC(C4CCC(CCC)CC4)CC3)cc2)CC1.CCCCC1CCC(c2ccc(C3CCC(C4CCC(CCC)CC4)CC3)cc2)CC1.CCCCCC1CCC(c2ccc(C3CCC(C4CCC(CCC)CC4)CC3)cc2)CC1. The summed E-state index contributed by atoms with van der Waals surface area (Å²) in [4.78, 5) is 0. The zero-order chi connectivity index (χ0) is 64.4. The van der Waals surface area contributed by atoms with E-state index in [9.17, 15) is 0 Å². The topological polar surface area (TPSA) is 0 Å². The second-order valence-electron chi connectivity index (χ2n) is 35.1. The molecule has 9 aliphatic rings. The Labute approximate surface area is 578 Å².